The topological polar surface area (TPSA) is 38.9 Å². The number of aromatic nitrogens is 1. The van der Waals surface area contributed by atoms with Crippen molar-refractivity contribution >= 4 is 15.9 Å². The molecule has 0 aliphatic rings. The highest BCUT2D eigenvalue weighted by Gasteiger charge is 2.11. The maximum absolute atomic E-state index is 5.90. The van der Waals surface area contributed by atoms with E-state index in [-0.39, 0.29) is 5.54 Å². The lowest BCUT2D eigenvalue weighted by molar-refractivity contribution is 0.476. The average Bonchev–Trinajstić information content (AvgIpc) is 2.01. The SMILES string of the molecule is CC(C)(N)CCc1cccnc1Br. The second-order valence-electron chi connectivity index (χ2n) is 3.94. The Morgan fingerprint density at radius 2 is 2.23 bits per heavy atom. The lowest BCUT2D eigenvalue weighted by Gasteiger charge is -2.18. The molecule has 0 aliphatic carbocycles. The molecule has 2 N–H and O–H groups in total. The van der Waals surface area contributed by atoms with Crippen LogP contribution in [0, 0.1) is 0 Å². The van der Waals surface area contributed by atoms with E-state index in [9.17, 15) is 0 Å². The molecule has 0 saturated heterocycles. The number of halogens is 1. The molecule has 0 fully saturated rings. The summed E-state index contributed by atoms with van der Waals surface area (Å²) in [5.41, 5.74) is 7.02. The van der Waals surface area contributed by atoms with Crippen LogP contribution in [0.4, 0.5) is 0 Å². The van der Waals surface area contributed by atoms with Gasteiger partial charge in [-0.2, -0.15) is 0 Å². The van der Waals surface area contributed by atoms with Crippen molar-refractivity contribution in [3.63, 3.8) is 0 Å². The van der Waals surface area contributed by atoms with E-state index < -0.39 is 0 Å². The Balaban J connectivity index is 2.60. The Bertz CT molecular complexity index is 278. The molecular formula is C10H15BrN2. The molecule has 0 saturated carbocycles. The van der Waals surface area contributed by atoms with Gasteiger partial charge in [-0.25, -0.2) is 4.98 Å². The van der Waals surface area contributed by atoms with Crippen molar-refractivity contribution in [2.45, 2.75) is 32.2 Å². The molecule has 1 aromatic rings. The van der Waals surface area contributed by atoms with Gasteiger partial charge in [0.15, 0.2) is 0 Å². The Morgan fingerprint density at radius 1 is 1.54 bits per heavy atom. The van der Waals surface area contributed by atoms with E-state index in [2.05, 4.69) is 27.0 Å². The molecule has 0 spiro atoms. The zero-order chi connectivity index (χ0) is 9.90. The monoisotopic (exact) mass is 242 g/mol. The number of nitrogens with zero attached hydrogens (tertiary/aromatic N) is 1. The first-order valence-electron chi connectivity index (χ1n) is 4.37. The van der Waals surface area contributed by atoms with E-state index in [0.717, 1.165) is 17.4 Å². The summed E-state index contributed by atoms with van der Waals surface area (Å²) in [6.07, 6.45) is 3.72. The Hall–Kier alpha value is -0.410. The third-order valence-corrected chi connectivity index (χ3v) is 2.59. The van der Waals surface area contributed by atoms with Gasteiger partial charge in [-0.1, -0.05) is 6.07 Å². The van der Waals surface area contributed by atoms with E-state index in [1.165, 1.54) is 5.56 Å². The number of hydrogen-bond acceptors (Lipinski definition) is 2. The highest BCUT2D eigenvalue weighted by molar-refractivity contribution is 9.10. The highest BCUT2D eigenvalue weighted by Crippen LogP contribution is 2.17. The minimum absolute atomic E-state index is 0.102. The minimum Gasteiger partial charge on any atom is -0.326 e. The molecule has 1 rings (SSSR count). The summed E-state index contributed by atoms with van der Waals surface area (Å²) in [7, 11) is 0. The number of aryl methyl sites for hydroxylation is 1. The molecule has 0 atom stereocenters. The van der Waals surface area contributed by atoms with Crippen molar-refractivity contribution < 1.29 is 0 Å². The Labute approximate surface area is 87.7 Å². The van der Waals surface area contributed by atoms with Crippen LogP contribution in [0.15, 0.2) is 22.9 Å². The zero-order valence-electron chi connectivity index (χ0n) is 8.05. The number of hydrogen-bond donors (Lipinski definition) is 1. The predicted octanol–water partition coefficient (Wildman–Crippen LogP) is 2.51. The van der Waals surface area contributed by atoms with Crippen molar-refractivity contribution in [2.75, 3.05) is 0 Å². The maximum atomic E-state index is 5.90. The average molecular weight is 243 g/mol. The second-order valence-corrected chi connectivity index (χ2v) is 4.69. The van der Waals surface area contributed by atoms with Crippen molar-refractivity contribution in [1.82, 2.24) is 4.98 Å². The van der Waals surface area contributed by atoms with Crippen molar-refractivity contribution in [3.8, 4) is 0 Å². The van der Waals surface area contributed by atoms with Gasteiger partial charge in [0.1, 0.15) is 4.60 Å². The maximum Gasteiger partial charge on any atom is 0.109 e. The van der Waals surface area contributed by atoms with E-state index in [1.807, 2.05) is 19.9 Å². The van der Waals surface area contributed by atoms with Gasteiger partial charge in [0, 0.05) is 11.7 Å². The van der Waals surface area contributed by atoms with Crippen molar-refractivity contribution in [1.29, 1.82) is 0 Å². The fraction of sp³-hybridized carbons (Fsp3) is 0.500. The zero-order valence-corrected chi connectivity index (χ0v) is 9.63. The van der Waals surface area contributed by atoms with Crippen LogP contribution in [0.25, 0.3) is 0 Å². The van der Waals surface area contributed by atoms with Gasteiger partial charge >= 0.3 is 0 Å². The third kappa shape index (κ3) is 3.87. The molecule has 1 heterocycles. The minimum atomic E-state index is -0.102. The molecule has 3 heteroatoms. The molecule has 0 bridgehead atoms. The van der Waals surface area contributed by atoms with Gasteiger partial charge in [0.05, 0.1) is 0 Å². The molecule has 0 aromatic carbocycles. The fourth-order valence-electron chi connectivity index (χ4n) is 1.06. The predicted molar refractivity (Wildman–Crippen MR) is 58.5 cm³/mol. The first-order valence-corrected chi connectivity index (χ1v) is 5.16. The largest absolute Gasteiger partial charge is 0.326 e. The standard InChI is InChI=1S/C10H15BrN2/c1-10(2,12)6-5-8-4-3-7-13-9(8)11/h3-4,7H,5-6,12H2,1-2H3. The molecule has 0 aliphatic heterocycles. The van der Waals surface area contributed by atoms with Crippen LogP contribution < -0.4 is 5.73 Å². The Kier molecular flexibility index (Phi) is 3.45. The quantitative estimate of drug-likeness (QED) is 0.828. The van der Waals surface area contributed by atoms with E-state index >= 15 is 0 Å². The van der Waals surface area contributed by atoms with Crippen LogP contribution in [0.3, 0.4) is 0 Å². The molecular weight excluding hydrogens is 228 g/mol. The summed E-state index contributed by atoms with van der Waals surface area (Å²) >= 11 is 3.41. The summed E-state index contributed by atoms with van der Waals surface area (Å²) in [5, 5.41) is 0. The van der Waals surface area contributed by atoms with Gasteiger partial charge < -0.3 is 5.73 Å². The lowest BCUT2D eigenvalue weighted by atomic mass is 9.97. The van der Waals surface area contributed by atoms with Gasteiger partial charge in [-0.15, -0.1) is 0 Å². The molecule has 0 radical (unpaired) electrons. The van der Waals surface area contributed by atoms with Crippen LogP contribution in [0.2, 0.25) is 0 Å². The van der Waals surface area contributed by atoms with Crippen molar-refractivity contribution in [2.24, 2.45) is 5.73 Å². The smallest absolute Gasteiger partial charge is 0.109 e. The van der Waals surface area contributed by atoms with Crippen LogP contribution >= 0.6 is 15.9 Å². The molecule has 0 unspecified atom stereocenters. The second kappa shape index (κ2) is 4.20. The summed E-state index contributed by atoms with van der Waals surface area (Å²) in [5.74, 6) is 0. The normalized spacial score (nSPS) is 11.7. The first-order chi connectivity index (χ1) is 5.99. The fourth-order valence-corrected chi connectivity index (χ4v) is 1.51. The van der Waals surface area contributed by atoms with Gasteiger partial charge in [0.2, 0.25) is 0 Å². The number of nitrogens with two attached hydrogens (primary N) is 1. The third-order valence-electron chi connectivity index (χ3n) is 1.88. The van der Waals surface area contributed by atoms with Crippen LogP contribution in [-0.4, -0.2) is 10.5 Å². The molecule has 13 heavy (non-hydrogen) atoms. The molecule has 72 valence electrons. The number of rotatable bonds is 3. The summed E-state index contributed by atoms with van der Waals surface area (Å²) < 4.78 is 0.930. The lowest BCUT2D eigenvalue weighted by Crippen LogP contribution is -2.32. The highest BCUT2D eigenvalue weighted by atomic mass is 79.9. The van der Waals surface area contributed by atoms with Gasteiger partial charge in [-0.05, 0) is 54.2 Å². The molecule has 0 amide bonds. The van der Waals surface area contributed by atoms with Crippen LogP contribution in [-0.2, 0) is 6.42 Å². The van der Waals surface area contributed by atoms with E-state index in [4.69, 9.17) is 5.73 Å². The summed E-state index contributed by atoms with van der Waals surface area (Å²) in [4.78, 5) is 4.16. The number of pyridine rings is 1. The summed E-state index contributed by atoms with van der Waals surface area (Å²) in [6, 6.07) is 4.02. The molecule has 1 aromatic heterocycles. The first kappa shape index (κ1) is 10.7. The Morgan fingerprint density at radius 3 is 2.77 bits per heavy atom. The summed E-state index contributed by atoms with van der Waals surface area (Å²) in [6.45, 7) is 4.08. The van der Waals surface area contributed by atoms with Crippen molar-refractivity contribution in [3.05, 3.63) is 28.5 Å². The van der Waals surface area contributed by atoms with Crippen LogP contribution in [0.1, 0.15) is 25.8 Å². The van der Waals surface area contributed by atoms with Crippen LogP contribution in [0.5, 0.6) is 0 Å². The van der Waals surface area contributed by atoms with Gasteiger partial charge in [0.25, 0.3) is 0 Å². The van der Waals surface area contributed by atoms with E-state index in [1.54, 1.807) is 6.20 Å². The van der Waals surface area contributed by atoms with Gasteiger partial charge in [-0.3, -0.25) is 0 Å². The van der Waals surface area contributed by atoms with E-state index in [0.29, 0.717) is 0 Å². The molecule has 2 nitrogen and oxygen atoms in total.